The van der Waals surface area contributed by atoms with E-state index in [0.717, 1.165) is 5.56 Å². The second kappa shape index (κ2) is 4.69. The lowest BCUT2D eigenvalue weighted by Gasteiger charge is -2.07. The van der Waals surface area contributed by atoms with Crippen molar-refractivity contribution in [3.05, 3.63) is 38.6 Å². The van der Waals surface area contributed by atoms with Gasteiger partial charge in [0.1, 0.15) is 0 Å². The summed E-state index contributed by atoms with van der Waals surface area (Å²) >= 11 is 5.10. The van der Waals surface area contributed by atoms with Crippen molar-refractivity contribution in [3.8, 4) is 11.4 Å². The van der Waals surface area contributed by atoms with Crippen molar-refractivity contribution in [1.82, 2.24) is 14.8 Å². The molecule has 2 aromatic rings. The number of aromatic amines is 1. The van der Waals surface area contributed by atoms with Gasteiger partial charge in [-0.1, -0.05) is 12.1 Å². The van der Waals surface area contributed by atoms with Gasteiger partial charge in [-0.2, -0.15) is 5.10 Å². The second-order valence-electron chi connectivity index (χ2n) is 3.82. The zero-order valence-electron chi connectivity index (χ0n) is 10.0. The summed E-state index contributed by atoms with van der Waals surface area (Å²) in [7, 11) is 0. The van der Waals surface area contributed by atoms with Crippen LogP contribution < -0.4 is 0 Å². The Balaban J connectivity index is 2.78. The average Bonchev–Trinajstić information content (AvgIpc) is 2.69. The van der Waals surface area contributed by atoms with E-state index < -0.39 is 4.92 Å². The Morgan fingerprint density at radius 2 is 2.28 bits per heavy atom. The van der Waals surface area contributed by atoms with Crippen molar-refractivity contribution in [3.63, 3.8) is 0 Å². The van der Waals surface area contributed by atoms with Crippen LogP contribution in [0.25, 0.3) is 11.4 Å². The normalized spacial score (nSPS) is 10.6. The highest BCUT2D eigenvalue weighted by molar-refractivity contribution is 7.71. The van der Waals surface area contributed by atoms with Crippen LogP contribution in [0.15, 0.2) is 18.2 Å². The lowest BCUT2D eigenvalue weighted by molar-refractivity contribution is -0.384. The summed E-state index contributed by atoms with van der Waals surface area (Å²) in [5.74, 6) is 0.507. The van der Waals surface area contributed by atoms with E-state index in [-0.39, 0.29) is 5.69 Å². The lowest BCUT2D eigenvalue weighted by atomic mass is 10.1. The van der Waals surface area contributed by atoms with Gasteiger partial charge in [0.2, 0.25) is 0 Å². The number of rotatable bonds is 3. The highest BCUT2D eigenvalue weighted by atomic mass is 32.1. The van der Waals surface area contributed by atoms with Crippen LogP contribution in [0.5, 0.6) is 0 Å². The fourth-order valence-electron chi connectivity index (χ4n) is 1.90. The Labute approximate surface area is 108 Å². The molecule has 0 saturated carbocycles. The fraction of sp³-hybridized carbons (Fsp3) is 0.273. The van der Waals surface area contributed by atoms with Crippen molar-refractivity contribution in [2.24, 2.45) is 0 Å². The van der Waals surface area contributed by atoms with Gasteiger partial charge in [0.25, 0.3) is 5.69 Å². The topological polar surface area (TPSA) is 76.8 Å². The van der Waals surface area contributed by atoms with Gasteiger partial charge in [-0.15, -0.1) is 0 Å². The van der Waals surface area contributed by atoms with Crippen molar-refractivity contribution in [2.75, 3.05) is 0 Å². The number of aryl methyl sites for hydroxylation is 1. The van der Waals surface area contributed by atoms with Gasteiger partial charge >= 0.3 is 0 Å². The molecular weight excluding hydrogens is 252 g/mol. The van der Waals surface area contributed by atoms with Crippen LogP contribution in [0.4, 0.5) is 5.69 Å². The summed E-state index contributed by atoms with van der Waals surface area (Å²) in [5.41, 5.74) is 1.35. The number of H-pyrrole nitrogens is 1. The molecule has 0 unspecified atom stereocenters. The number of hydrogen-bond acceptors (Lipinski definition) is 4. The summed E-state index contributed by atoms with van der Waals surface area (Å²) in [6.45, 7) is 4.34. The molecule has 0 bridgehead atoms. The number of nitrogens with zero attached hydrogens (tertiary/aromatic N) is 3. The maximum atomic E-state index is 11.1. The number of benzene rings is 1. The van der Waals surface area contributed by atoms with Crippen LogP contribution in [-0.2, 0) is 6.54 Å². The first-order chi connectivity index (χ1) is 8.56. The third-order valence-corrected chi connectivity index (χ3v) is 3.06. The van der Waals surface area contributed by atoms with E-state index in [0.29, 0.717) is 22.7 Å². The van der Waals surface area contributed by atoms with Crippen LogP contribution in [0.2, 0.25) is 0 Å². The van der Waals surface area contributed by atoms with Crippen molar-refractivity contribution in [2.45, 2.75) is 20.4 Å². The van der Waals surface area contributed by atoms with Gasteiger partial charge in [0, 0.05) is 12.6 Å². The Morgan fingerprint density at radius 3 is 2.89 bits per heavy atom. The summed E-state index contributed by atoms with van der Waals surface area (Å²) in [6, 6.07) is 4.95. The highest BCUT2D eigenvalue weighted by Gasteiger charge is 2.21. The van der Waals surface area contributed by atoms with Crippen LogP contribution >= 0.6 is 12.2 Å². The standard InChI is InChI=1S/C11H12N4O2S/c1-3-14-10(12-13-11(14)18)9-7(2)5-4-6-8(9)15(16)17/h4-6H,3H2,1-2H3,(H,13,18). The minimum atomic E-state index is -0.403. The van der Waals surface area contributed by atoms with E-state index in [4.69, 9.17) is 12.2 Å². The Morgan fingerprint density at radius 1 is 1.56 bits per heavy atom. The molecule has 7 heteroatoms. The van der Waals surface area contributed by atoms with Crippen LogP contribution in [0.3, 0.4) is 0 Å². The molecule has 0 atom stereocenters. The first kappa shape index (κ1) is 12.4. The fourth-order valence-corrected chi connectivity index (χ4v) is 2.16. The largest absolute Gasteiger partial charge is 0.300 e. The van der Waals surface area contributed by atoms with Crippen LogP contribution in [0.1, 0.15) is 12.5 Å². The zero-order valence-corrected chi connectivity index (χ0v) is 10.8. The molecule has 0 amide bonds. The molecule has 1 N–H and O–H groups in total. The zero-order chi connectivity index (χ0) is 13.3. The molecule has 0 spiro atoms. The molecule has 1 heterocycles. The minimum absolute atomic E-state index is 0.0405. The molecule has 0 saturated heterocycles. The smallest absolute Gasteiger partial charge is 0.280 e. The quantitative estimate of drug-likeness (QED) is 0.525. The molecule has 0 radical (unpaired) electrons. The summed E-state index contributed by atoms with van der Waals surface area (Å²) in [4.78, 5) is 10.7. The monoisotopic (exact) mass is 264 g/mol. The Kier molecular flexibility index (Phi) is 3.24. The molecule has 0 aliphatic rings. The van der Waals surface area contributed by atoms with Gasteiger partial charge in [0.05, 0.1) is 10.5 Å². The number of nitro benzene ring substituents is 1. The molecule has 0 fully saturated rings. The molecule has 1 aromatic heterocycles. The third-order valence-electron chi connectivity index (χ3n) is 2.75. The Hall–Kier alpha value is -2.02. The Bertz CT molecular complexity index is 659. The van der Waals surface area contributed by atoms with E-state index in [2.05, 4.69) is 10.2 Å². The predicted octanol–water partition coefficient (Wildman–Crippen LogP) is 2.84. The molecule has 1 aromatic carbocycles. The van der Waals surface area contributed by atoms with Gasteiger partial charge in [-0.3, -0.25) is 15.2 Å². The maximum absolute atomic E-state index is 11.1. The first-order valence-corrected chi connectivity index (χ1v) is 5.86. The van der Waals surface area contributed by atoms with Crippen LogP contribution in [-0.4, -0.2) is 19.7 Å². The summed E-state index contributed by atoms with van der Waals surface area (Å²) < 4.78 is 2.20. The van der Waals surface area contributed by atoms with Crippen molar-refractivity contribution < 1.29 is 4.92 Å². The number of nitro groups is 1. The minimum Gasteiger partial charge on any atom is -0.300 e. The van der Waals surface area contributed by atoms with Crippen molar-refractivity contribution in [1.29, 1.82) is 0 Å². The third kappa shape index (κ3) is 1.92. The molecule has 94 valence electrons. The molecular formula is C11H12N4O2S. The highest BCUT2D eigenvalue weighted by Crippen LogP contribution is 2.31. The summed E-state index contributed by atoms with van der Waals surface area (Å²) in [5, 5.41) is 17.9. The maximum Gasteiger partial charge on any atom is 0.280 e. The molecule has 2 rings (SSSR count). The summed E-state index contributed by atoms with van der Waals surface area (Å²) in [6.07, 6.45) is 0. The van der Waals surface area contributed by atoms with Crippen LogP contribution in [0, 0.1) is 21.8 Å². The van der Waals surface area contributed by atoms with Gasteiger partial charge in [-0.25, -0.2) is 0 Å². The van der Waals surface area contributed by atoms with E-state index in [1.165, 1.54) is 6.07 Å². The van der Waals surface area contributed by atoms with E-state index in [9.17, 15) is 10.1 Å². The lowest BCUT2D eigenvalue weighted by Crippen LogP contribution is -2.02. The number of aromatic nitrogens is 3. The molecule has 6 nitrogen and oxygen atoms in total. The SMILES string of the molecule is CCn1c(-c2c(C)cccc2[N+](=O)[O-])n[nH]c1=S. The number of hydrogen-bond donors (Lipinski definition) is 1. The predicted molar refractivity (Wildman–Crippen MR) is 69.9 cm³/mol. The first-order valence-electron chi connectivity index (χ1n) is 5.45. The van der Waals surface area contributed by atoms with E-state index in [1.54, 1.807) is 10.6 Å². The number of nitrogens with one attached hydrogen (secondary N) is 1. The molecule has 18 heavy (non-hydrogen) atoms. The van der Waals surface area contributed by atoms with Gasteiger partial charge in [-0.05, 0) is 31.6 Å². The van der Waals surface area contributed by atoms with Gasteiger partial charge in [0.15, 0.2) is 10.6 Å². The van der Waals surface area contributed by atoms with E-state index >= 15 is 0 Å². The average molecular weight is 264 g/mol. The van der Waals surface area contributed by atoms with Crippen molar-refractivity contribution >= 4 is 17.9 Å². The second-order valence-corrected chi connectivity index (χ2v) is 4.21. The molecule has 0 aliphatic carbocycles. The van der Waals surface area contributed by atoms with Gasteiger partial charge < -0.3 is 4.57 Å². The van der Waals surface area contributed by atoms with E-state index in [1.807, 2.05) is 19.9 Å². The molecule has 0 aliphatic heterocycles.